The molecule has 2 rings (SSSR count). The van der Waals surface area contributed by atoms with Crippen LogP contribution in [-0.2, 0) is 0 Å². The lowest BCUT2D eigenvalue weighted by molar-refractivity contribution is 0.0682. The number of carbonyl (C=O) groups excluding carboxylic acids is 1. The van der Waals surface area contributed by atoms with Crippen molar-refractivity contribution < 1.29 is 14.3 Å². The second-order valence-electron chi connectivity index (χ2n) is 4.27. The number of rotatable bonds is 4. The number of benzene rings is 1. The molecule has 0 saturated heterocycles. The van der Waals surface area contributed by atoms with Crippen molar-refractivity contribution in [3.63, 3.8) is 0 Å². The summed E-state index contributed by atoms with van der Waals surface area (Å²) in [6, 6.07) is 6.67. The van der Waals surface area contributed by atoms with E-state index in [-0.39, 0.29) is 18.6 Å². The molecule has 1 heterocycles. The fraction of sp³-hybridized carbons (Fsp3) is 0.308. The Balaban J connectivity index is 2.17. The summed E-state index contributed by atoms with van der Waals surface area (Å²) in [4.78, 5) is 13.6. The van der Waals surface area contributed by atoms with Gasteiger partial charge in [0, 0.05) is 18.2 Å². The Hall–Kier alpha value is -2.21. The van der Waals surface area contributed by atoms with Crippen LogP contribution in [0.3, 0.4) is 0 Å². The molecule has 0 aliphatic rings. The monoisotopic (exact) mass is 261 g/mol. The third-order valence-electron chi connectivity index (χ3n) is 2.98. The molecule has 1 amide bonds. The molecule has 1 aromatic heterocycles. The van der Waals surface area contributed by atoms with Crippen molar-refractivity contribution in [2.24, 2.45) is 0 Å². The molecule has 0 fully saturated rings. The highest BCUT2D eigenvalue weighted by atomic mass is 16.4. The fourth-order valence-electron chi connectivity index (χ4n) is 1.58. The van der Waals surface area contributed by atoms with Crippen molar-refractivity contribution in [3.8, 4) is 11.5 Å². The van der Waals surface area contributed by atoms with Gasteiger partial charge < -0.3 is 14.4 Å². The summed E-state index contributed by atoms with van der Waals surface area (Å²) in [7, 11) is 1.66. The van der Waals surface area contributed by atoms with Crippen molar-refractivity contribution in [3.05, 3.63) is 36.2 Å². The zero-order chi connectivity index (χ0) is 13.8. The van der Waals surface area contributed by atoms with E-state index in [9.17, 15) is 4.79 Å². The molecular weight excluding hydrogens is 246 g/mol. The van der Waals surface area contributed by atoms with Crippen LogP contribution in [-0.4, -0.2) is 45.8 Å². The minimum Gasteiger partial charge on any atom is -0.423 e. The van der Waals surface area contributed by atoms with Gasteiger partial charge in [0.1, 0.15) is 0 Å². The highest BCUT2D eigenvalue weighted by molar-refractivity contribution is 5.94. The maximum Gasteiger partial charge on any atom is 0.253 e. The van der Waals surface area contributed by atoms with Crippen LogP contribution in [0.1, 0.15) is 17.3 Å². The predicted molar refractivity (Wildman–Crippen MR) is 68.4 cm³/mol. The predicted octanol–water partition coefficient (Wildman–Crippen LogP) is 1.19. The molecule has 2 aromatic rings. The van der Waals surface area contributed by atoms with Crippen LogP contribution in [0, 0.1) is 0 Å². The molecule has 0 aliphatic heterocycles. The molecule has 1 atom stereocenters. The first-order valence-corrected chi connectivity index (χ1v) is 5.88. The summed E-state index contributed by atoms with van der Waals surface area (Å²) < 4.78 is 5.07. The zero-order valence-electron chi connectivity index (χ0n) is 10.8. The Morgan fingerprint density at radius 2 is 2.11 bits per heavy atom. The summed E-state index contributed by atoms with van der Waals surface area (Å²) in [6.07, 6.45) is 1.26. The van der Waals surface area contributed by atoms with Gasteiger partial charge in [0.25, 0.3) is 5.91 Å². The quantitative estimate of drug-likeness (QED) is 0.894. The molecule has 0 aliphatic carbocycles. The second kappa shape index (κ2) is 5.62. The van der Waals surface area contributed by atoms with Crippen molar-refractivity contribution in [2.75, 3.05) is 13.7 Å². The van der Waals surface area contributed by atoms with Crippen LogP contribution in [0.5, 0.6) is 0 Å². The Morgan fingerprint density at radius 3 is 2.63 bits per heavy atom. The number of likely N-dealkylation sites (N-methyl/N-ethyl adjacent to an activating group) is 1. The second-order valence-corrected chi connectivity index (χ2v) is 4.27. The van der Waals surface area contributed by atoms with Gasteiger partial charge >= 0.3 is 0 Å². The average molecular weight is 261 g/mol. The van der Waals surface area contributed by atoms with E-state index in [1.807, 2.05) is 0 Å². The number of hydrogen-bond acceptors (Lipinski definition) is 5. The van der Waals surface area contributed by atoms with Crippen molar-refractivity contribution >= 4 is 5.91 Å². The van der Waals surface area contributed by atoms with Crippen LogP contribution < -0.4 is 0 Å². The molecule has 1 aromatic carbocycles. The van der Waals surface area contributed by atoms with Gasteiger partial charge in [0.15, 0.2) is 0 Å². The van der Waals surface area contributed by atoms with E-state index in [4.69, 9.17) is 9.52 Å². The molecule has 1 unspecified atom stereocenters. The first-order chi connectivity index (χ1) is 9.13. The van der Waals surface area contributed by atoms with E-state index in [2.05, 4.69) is 10.2 Å². The molecule has 0 bridgehead atoms. The topological polar surface area (TPSA) is 79.5 Å². The fourth-order valence-corrected chi connectivity index (χ4v) is 1.58. The molecule has 0 saturated carbocycles. The standard InChI is InChI=1S/C13H15N3O3/c1-9(7-17)16(2)13(18)11-5-3-10(4-6-11)12-15-14-8-19-12/h3-6,8-9,17H,7H2,1-2H3. The van der Waals surface area contributed by atoms with Crippen molar-refractivity contribution in [1.29, 1.82) is 0 Å². The summed E-state index contributed by atoms with van der Waals surface area (Å²) in [5.41, 5.74) is 1.30. The van der Waals surface area contributed by atoms with Crippen molar-refractivity contribution in [2.45, 2.75) is 13.0 Å². The van der Waals surface area contributed by atoms with Gasteiger partial charge in [-0.2, -0.15) is 0 Å². The molecule has 0 spiro atoms. The summed E-state index contributed by atoms with van der Waals surface area (Å²) in [5, 5.41) is 16.4. The van der Waals surface area contributed by atoms with Gasteiger partial charge in [-0.15, -0.1) is 10.2 Å². The molecule has 6 heteroatoms. The SMILES string of the molecule is CC(CO)N(C)C(=O)c1ccc(-c2nnco2)cc1. The average Bonchev–Trinajstić information content (AvgIpc) is 2.99. The number of aliphatic hydroxyl groups excluding tert-OH is 1. The van der Waals surface area contributed by atoms with E-state index >= 15 is 0 Å². The number of aliphatic hydroxyl groups is 1. The van der Waals surface area contributed by atoms with E-state index in [1.54, 1.807) is 38.2 Å². The third kappa shape index (κ3) is 2.79. The highest BCUT2D eigenvalue weighted by Gasteiger charge is 2.16. The summed E-state index contributed by atoms with van der Waals surface area (Å²) >= 11 is 0. The molecule has 100 valence electrons. The lowest BCUT2D eigenvalue weighted by Crippen LogP contribution is -2.37. The minimum atomic E-state index is -0.219. The number of aromatic nitrogens is 2. The van der Waals surface area contributed by atoms with Gasteiger partial charge in [0.2, 0.25) is 12.3 Å². The first kappa shape index (κ1) is 13.2. The molecular formula is C13H15N3O3. The number of amides is 1. The largest absolute Gasteiger partial charge is 0.423 e. The Kier molecular flexibility index (Phi) is 3.91. The lowest BCUT2D eigenvalue weighted by Gasteiger charge is -2.23. The first-order valence-electron chi connectivity index (χ1n) is 5.88. The van der Waals surface area contributed by atoms with Gasteiger partial charge in [-0.1, -0.05) is 0 Å². The minimum absolute atomic E-state index is 0.0672. The highest BCUT2D eigenvalue weighted by Crippen LogP contribution is 2.17. The van der Waals surface area contributed by atoms with E-state index < -0.39 is 0 Å². The van der Waals surface area contributed by atoms with Crippen LogP contribution in [0.25, 0.3) is 11.5 Å². The number of carbonyl (C=O) groups is 1. The number of hydrogen-bond donors (Lipinski definition) is 1. The van der Waals surface area contributed by atoms with Crippen LogP contribution in [0.4, 0.5) is 0 Å². The Morgan fingerprint density at radius 1 is 1.42 bits per heavy atom. The van der Waals surface area contributed by atoms with Gasteiger partial charge in [-0.3, -0.25) is 4.79 Å². The van der Waals surface area contributed by atoms with Crippen LogP contribution >= 0.6 is 0 Å². The maximum atomic E-state index is 12.1. The Bertz CT molecular complexity index is 537. The van der Waals surface area contributed by atoms with Crippen LogP contribution in [0.15, 0.2) is 35.1 Å². The number of nitrogens with zero attached hydrogens (tertiary/aromatic N) is 3. The third-order valence-corrected chi connectivity index (χ3v) is 2.98. The lowest BCUT2D eigenvalue weighted by atomic mass is 10.1. The van der Waals surface area contributed by atoms with Gasteiger partial charge in [-0.05, 0) is 31.2 Å². The Labute approximate surface area is 110 Å². The zero-order valence-corrected chi connectivity index (χ0v) is 10.8. The van der Waals surface area contributed by atoms with E-state index in [0.717, 1.165) is 5.56 Å². The molecule has 0 radical (unpaired) electrons. The summed E-state index contributed by atoms with van der Waals surface area (Å²) in [5.74, 6) is 0.273. The van der Waals surface area contributed by atoms with E-state index in [1.165, 1.54) is 11.3 Å². The smallest absolute Gasteiger partial charge is 0.253 e. The van der Waals surface area contributed by atoms with Crippen LogP contribution in [0.2, 0.25) is 0 Å². The van der Waals surface area contributed by atoms with Gasteiger partial charge in [0.05, 0.1) is 12.6 Å². The summed E-state index contributed by atoms with van der Waals surface area (Å²) in [6.45, 7) is 1.72. The molecule has 6 nitrogen and oxygen atoms in total. The van der Waals surface area contributed by atoms with Crippen molar-refractivity contribution in [1.82, 2.24) is 15.1 Å². The maximum absolute atomic E-state index is 12.1. The molecule has 19 heavy (non-hydrogen) atoms. The van der Waals surface area contributed by atoms with E-state index in [0.29, 0.717) is 11.5 Å². The normalized spacial score (nSPS) is 12.2. The van der Waals surface area contributed by atoms with Gasteiger partial charge in [-0.25, -0.2) is 0 Å². The molecule has 1 N–H and O–H groups in total.